The minimum absolute atomic E-state index is 0.0564. The Morgan fingerprint density at radius 3 is 2.58 bits per heavy atom. The molecule has 3 N–H and O–H groups in total. The Hall–Kier alpha value is -1.67. The molecule has 1 unspecified atom stereocenters. The van der Waals surface area contributed by atoms with Crippen LogP contribution < -0.4 is 15.4 Å². The molecule has 0 aromatic carbocycles. The number of nitrogens with zero attached hydrogens (tertiary/aromatic N) is 4. The molecule has 0 saturated heterocycles. The number of hydrogen-bond acceptors (Lipinski definition) is 8. The number of aliphatic hydroxyl groups is 1. The van der Waals surface area contributed by atoms with Crippen molar-refractivity contribution >= 4 is 11.9 Å². The van der Waals surface area contributed by atoms with Gasteiger partial charge in [-0.2, -0.15) is 15.0 Å². The predicted octanol–water partition coefficient (Wildman–Crippen LogP) is -0.315. The number of aliphatic hydroxyl groups excluding tert-OH is 1. The van der Waals surface area contributed by atoms with E-state index in [1.54, 1.807) is 11.9 Å². The van der Waals surface area contributed by atoms with E-state index in [1.165, 1.54) is 7.11 Å². The van der Waals surface area contributed by atoms with Crippen molar-refractivity contribution in [1.82, 2.24) is 15.0 Å². The van der Waals surface area contributed by atoms with Gasteiger partial charge in [0.05, 0.1) is 18.8 Å². The zero-order chi connectivity index (χ0) is 14.4. The van der Waals surface area contributed by atoms with Gasteiger partial charge in [0.15, 0.2) is 0 Å². The average molecular weight is 271 g/mol. The van der Waals surface area contributed by atoms with Crippen LogP contribution in [0.4, 0.5) is 11.9 Å². The van der Waals surface area contributed by atoms with Gasteiger partial charge in [-0.1, -0.05) is 0 Å². The van der Waals surface area contributed by atoms with E-state index in [0.717, 1.165) is 0 Å². The Balaban J connectivity index is 2.78. The summed E-state index contributed by atoms with van der Waals surface area (Å²) in [4.78, 5) is 13.7. The monoisotopic (exact) mass is 271 g/mol. The number of anilines is 2. The van der Waals surface area contributed by atoms with Gasteiger partial charge in [0.25, 0.3) is 0 Å². The highest BCUT2D eigenvalue weighted by molar-refractivity contribution is 5.35. The van der Waals surface area contributed by atoms with Crippen LogP contribution in [-0.4, -0.2) is 59.6 Å². The minimum atomic E-state index is -0.637. The van der Waals surface area contributed by atoms with Crippen LogP contribution >= 0.6 is 0 Å². The molecule has 108 valence electrons. The zero-order valence-corrected chi connectivity index (χ0v) is 11.7. The summed E-state index contributed by atoms with van der Waals surface area (Å²) in [7, 11) is 3.27. The molecule has 0 aliphatic carbocycles. The molecule has 19 heavy (non-hydrogen) atoms. The third kappa shape index (κ3) is 5.23. The van der Waals surface area contributed by atoms with Crippen molar-refractivity contribution in [3.05, 3.63) is 0 Å². The normalized spacial score (nSPS) is 12.5. The maximum atomic E-state index is 9.66. The minimum Gasteiger partial charge on any atom is -0.461 e. The summed E-state index contributed by atoms with van der Waals surface area (Å²) < 4.78 is 10.2. The Bertz CT molecular complexity index is 402. The van der Waals surface area contributed by atoms with Crippen LogP contribution in [0.1, 0.15) is 13.8 Å². The first-order valence-electron chi connectivity index (χ1n) is 5.98. The van der Waals surface area contributed by atoms with Gasteiger partial charge in [0.1, 0.15) is 0 Å². The standard InChI is InChI=1S/C11H21N5O3/c1-7(2)19-11-14-9(12)13-10(15-11)16(3)5-8(17)6-18-4/h7-8,17H,5-6H2,1-4H3,(H2,12,13,14,15). The van der Waals surface area contributed by atoms with Crippen molar-refractivity contribution < 1.29 is 14.6 Å². The first-order chi connectivity index (χ1) is 8.92. The third-order valence-electron chi connectivity index (χ3n) is 2.15. The molecule has 0 aliphatic rings. The number of nitrogens with two attached hydrogens (primary N) is 1. The molecular weight excluding hydrogens is 250 g/mol. The third-order valence-corrected chi connectivity index (χ3v) is 2.15. The lowest BCUT2D eigenvalue weighted by atomic mass is 10.3. The molecule has 0 bridgehead atoms. The summed E-state index contributed by atoms with van der Waals surface area (Å²) in [5.74, 6) is 0.423. The van der Waals surface area contributed by atoms with E-state index in [9.17, 15) is 5.11 Å². The summed E-state index contributed by atoms with van der Waals surface area (Å²) in [6.45, 7) is 4.29. The van der Waals surface area contributed by atoms with E-state index < -0.39 is 6.10 Å². The van der Waals surface area contributed by atoms with E-state index in [2.05, 4.69) is 15.0 Å². The second-order valence-corrected chi connectivity index (χ2v) is 4.43. The van der Waals surface area contributed by atoms with Crippen molar-refractivity contribution in [3.63, 3.8) is 0 Å². The molecule has 0 radical (unpaired) electrons. The molecule has 0 amide bonds. The Morgan fingerprint density at radius 2 is 2.00 bits per heavy atom. The summed E-state index contributed by atoms with van der Waals surface area (Å²) in [6, 6.07) is 0.172. The molecule has 8 heteroatoms. The van der Waals surface area contributed by atoms with Crippen LogP contribution in [0.25, 0.3) is 0 Å². The molecule has 0 aliphatic heterocycles. The number of rotatable bonds is 7. The number of nitrogen functional groups attached to an aromatic ring is 1. The Labute approximate surface area is 112 Å². The smallest absolute Gasteiger partial charge is 0.323 e. The summed E-state index contributed by atoms with van der Waals surface area (Å²) >= 11 is 0. The van der Waals surface area contributed by atoms with E-state index >= 15 is 0 Å². The fourth-order valence-electron chi connectivity index (χ4n) is 1.44. The van der Waals surface area contributed by atoms with Crippen molar-refractivity contribution in [1.29, 1.82) is 0 Å². The van der Waals surface area contributed by atoms with Gasteiger partial charge in [-0.15, -0.1) is 0 Å². The van der Waals surface area contributed by atoms with E-state index in [1.807, 2.05) is 13.8 Å². The van der Waals surface area contributed by atoms with Gasteiger partial charge < -0.3 is 25.2 Å². The van der Waals surface area contributed by atoms with Crippen molar-refractivity contribution in [2.75, 3.05) is 37.9 Å². The Morgan fingerprint density at radius 1 is 1.32 bits per heavy atom. The quantitative estimate of drug-likeness (QED) is 0.695. The number of hydrogen-bond donors (Lipinski definition) is 2. The molecule has 1 aromatic heterocycles. The fourth-order valence-corrected chi connectivity index (χ4v) is 1.44. The fraction of sp³-hybridized carbons (Fsp3) is 0.727. The highest BCUT2D eigenvalue weighted by Crippen LogP contribution is 2.13. The van der Waals surface area contributed by atoms with Crippen LogP contribution in [0.5, 0.6) is 6.01 Å². The second-order valence-electron chi connectivity index (χ2n) is 4.43. The van der Waals surface area contributed by atoms with Crippen LogP contribution in [0.2, 0.25) is 0 Å². The second kappa shape index (κ2) is 7.05. The molecule has 1 heterocycles. The van der Waals surface area contributed by atoms with Gasteiger partial charge >= 0.3 is 6.01 Å². The van der Waals surface area contributed by atoms with Crippen LogP contribution in [0, 0.1) is 0 Å². The van der Waals surface area contributed by atoms with Gasteiger partial charge in [-0.25, -0.2) is 0 Å². The molecule has 0 saturated carbocycles. The van der Waals surface area contributed by atoms with Crippen LogP contribution in [-0.2, 0) is 4.74 Å². The van der Waals surface area contributed by atoms with Crippen molar-refractivity contribution in [2.45, 2.75) is 26.1 Å². The van der Waals surface area contributed by atoms with Crippen LogP contribution in [0.3, 0.4) is 0 Å². The lowest BCUT2D eigenvalue weighted by Crippen LogP contribution is -2.33. The average Bonchev–Trinajstić information content (AvgIpc) is 2.27. The number of likely N-dealkylation sites (N-methyl/N-ethyl adjacent to an activating group) is 1. The van der Waals surface area contributed by atoms with Gasteiger partial charge in [0.2, 0.25) is 11.9 Å². The van der Waals surface area contributed by atoms with Crippen molar-refractivity contribution in [2.24, 2.45) is 0 Å². The highest BCUT2D eigenvalue weighted by Gasteiger charge is 2.14. The van der Waals surface area contributed by atoms with E-state index in [0.29, 0.717) is 12.5 Å². The van der Waals surface area contributed by atoms with Gasteiger partial charge in [-0.05, 0) is 13.8 Å². The predicted molar refractivity (Wildman–Crippen MR) is 71.2 cm³/mol. The highest BCUT2D eigenvalue weighted by atomic mass is 16.5. The van der Waals surface area contributed by atoms with Crippen molar-refractivity contribution in [3.8, 4) is 6.01 Å². The topological polar surface area (TPSA) is 107 Å². The van der Waals surface area contributed by atoms with E-state index in [4.69, 9.17) is 15.2 Å². The van der Waals surface area contributed by atoms with Gasteiger partial charge in [0, 0.05) is 20.7 Å². The molecule has 0 fully saturated rings. The van der Waals surface area contributed by atoms with Gasteiger partial charge in [-0.3, -0.25) is 0 Å². The summed E-state index contributed by atoms with van der Waals surface area (Å²) in [5, 5.41) is 9.66. The SMILES string of the molecule is COCC(O)CN(C)c1nc(N)nc(OC(C)C)n1. The number of methoxy groups -OCH3 is 1. The first kappa shape index (κ1) is 15.4. The zero-order valence-electron chi connectivity index (χ0n) is 11.7. The maximum Gasteiger partial charge on any atom is 0.323 e. The summed E-state index contributed by atoms with van der Waals surface area (Å²) in [5.41, 5.74) is 5.61. The Kier molecular flexibility index (Phi) is 5.71. The lowest BCUT2D eigenvalue weighted by molar-refractivity contribution is 0.0693. The maximum absolute atomic E-state index is 9.66. The number of ether oxygens (including phenoxy) is 2. The largest absolute Gasteiger partial charge is 0.461 e. The molecule has 1 aromatic rings. The first-order valence-corrected chi connectivity index (χ1v) is 5.98. The molecule has 1 rings (SSSR count). The molecular formula is C11H21N5O3. The molecule has 8 nitrogen and oxygen atoms in total. The number of aromatic nitrogens is 3. The molecule has 0 spiro atoms. The lowest BCUT2D eigenvalue weighted by Gasteiger charge is -2.20. The van der Waals surface area contributed by atoms with Crippen LogP contribution in [0.15, 0.2) is 0 Å². The summed E-state index contributed by atoms with van der Waals surface area (Å²) in [6.07, 6.45) is -0.693. The van der Waals surface area contributed by atoms with E-state index in [-0.39, 0.29) is 24.7 Å². The molecule has 1 atom stereocenters.